The van der Waals surface area contributed by atoms with Gasteiger partial charge in [-0.2, -0.15) is 10.1 Å². The highest BCUT2D eigenvalue weighted by Gasteiger charge is 2.34. The zero-order valence-corrected chi connectivity index (χ0v) is 17.1. The first-order valence-corrected chi connectivity index (χ1v) is 10.2. The number of benzene rings is 3. The van der Waals surface area contributed by atoms with Crippen LogP contribution in [0.5, 0.6) is 0 Å². The molecule has 4 heteroatoms. The number of fused-ring (bicyclic) bond motifs is 1. The maximum Gasteiger partial charge on any atom is 0.255 e. The highest BCUT2D eigenvalue weighted by molar-refractivity contribution is 6.12. The fourth-order valence-electron chi connectivity index (χ4n) is 4.12. The van der Waals surface area contributed by atoms with Gasteiger partial charge in [0, 0.05) is 23.5 Å². The number of rotatable bonds is 3. The molecule has 148 valence electrons. The monoisotopic (exact) mass is 393 g/mol. The van der Waals surface area contributed by atoms with Gasteiger partial charge in [0.2, 0.25) is 0 Å². The molecule has 30 heavy (non-hydrogen) atoms. The lowest BCUT2D eigenvalue weighted by Gasteiger charge is -2.30. The number of nitrogens with one attached hydrogen (secondary N) is 1. The normalized spacial score (nSPS) is 16.7. The second-order valence-electron chi connectivity index (χ2n) is 7.88. The summed E-state index contributed by atoms with van der Waals surface area (Å²) < 4.78 is 0. The van der Waals surface area contributed by atoms with Crippen molar-refractivity contribution in [3.05, 3.63) is 101 Å². The van der Waals surface area contributed by atoms with Gasteiger partial charge in [-0.25, -0.2) is 0 Å². The minimum absolute atomic E-state index is 0.00135. The largest absolute Gasteiger partial charge is 0.361 e. The SMILES string of the molecule is Cc1ccc(C2=NN(c3ccccc3)C(=O)C(c3c[nH]c4ccccc34)C2)cc1C. The van der Waals surface area contributed by atoms with Gasteiger partial charge in [-0.05, 0) is 60.4 Å². The van der Waals surface area contributed by atoms with Crippen LogP contribution in [0.15, 0.2) is 84.1 Å². The van der Waals surface area contributed by atoms with Crippen LogP contribution in [0, 0.1) is 13.8 Å². The predicted octanol–water partition coefficient (Wildman–Crippen LogP) is 5.71. The van der Waals surface area contributed by atoms with Crippen molar-refractivity contribution < 1.29 is 4.79 Å². The predicted molar refractivity (Wildman–Crippen MR) is 122 cm³/mol. The van der Waals surface area contributed by atoms with E-state index < -0.39 is 0 Å². The third kappa shape index (κ3) is 3.11. The fraction of sp³-hybridized carbons (Fsp3) is 0.154. The zero-order valence-electron chi connectivity index (χ0n) is 17.1. The van der Waals surface area contributed by atoms with Crippen LogP contribution >= 0.6 is 0 Å². The fourth-order valence-corrected chi connectivity index (χ4v) is 4.12. The van der Waals surface area contributed by atoms with Gasteiger partial charge in [0.1, 0.15) is 0 Å². The van der Waals surface area contributed by atoms with Crippen LogP contribution in [-0.4, -0.2) is 16.6 Å². The van der Waals surface area contributed by atoms with Crippen LogP contribution in [0.25, 0.3) is 10.9 Å². The number of para-hydroxylation sites is 2. The summed E-state index contributed by atoms with van der Waals surface area (Å²) in [4.78, 5) is 16.9. The summed E-state index contributed by atoms with van der Waals surface area (Å²) in [6.45, 7) is 4.22. The van der Waals surface area contributed by atoms with E-state index in [0.717, 1.165) is 33.4 Å². The van der Waals surface area contributed by atoms with Crippen molar-refractivity contribution in [3.8, 4) is 0 Å². The first kappa shape index (κ1) is 18.4. The highest BCUT2D eigenvalue weighted by Crippen LogP contribution is 2.35. The lowest BCUT2D eigenvalue weighted by molar-refractivity contribution is -0.120. The molecule has 1 atom stereocenters. The maximum absolute atomic E-state index is 13.6. The number of anilines is 1. The number of hydrogen-bond acceptors (Lipinski definition) is 2. The van der Waals surface area contributed by atoms with Gasteiger partial charge in [-0.15, -0.1) is 0 Å². The molecular formula is C26H23N3O. The van der Waals surface area contributed by atoms with Crippen molar-refractivity contribution in [1.82, 2.24) is 4.98 Å². The van der Waals surface area contributed by atoms with Crippen molar-refractivity contribution in [3.63, 3.8) is 0 Å². The molecule has 5 rings (SSSR count). The summed E-state index contributed by atoms with van der Waals surface area (Å²) >= 11 is 0. The molecule has 0 fully saturated rings. The molecule has 4 nitrogen and oxygen atoms in total. The molecule has 0 spiro atoms. The van der Waals surface area contributed by atoms with Crippen molar-refractivity contribution in [2.24, 2.45) is 5.10 Å². The molecule has 3 aromatic carbocycles. The summed E-state index contributed by atoms with van der Waals surface area (Å²) in [5.74, 6) is -0.297. The molecule has 4 aromatic rings. The number of H-pyrrole nitrogens is 1. The van der Waals surface area contributed by atoms with E-state index >= 15 is 0 Å². The Morgan fingerprint density at radius 3 is 2.50 bits per heavy atom. The number of carbonyl (C=O) groups is 1. The molecule has 1 amide bonds. The number of aromatic nitrogens is 1. The number of amides is 1. The van der Waals surface area contributed by atoms with E-state index in [2.05, 4.69) is 43.1 Å². The highest BCUT2D eigenvalue weighted by atomic mass is 16.2. The second-order valence-corrected chi connectivity index (χ2v) is 7.88. The first-order valence-electron chi connectivity index (χ1n) is 10.2. The van der Waals surface area contributed by atoms with E-state index in [9.17, 15) is 4.79 Å². The number of hydrazone groups is 1. The van der Waals surface area contributed by atoms with E-state index in [1.165, 1.54) is 11.1 Å². The van der Waals surface area contributed by atoms with Crippen LogP contribution in [0.2, 0.25) is 0 Å². The molecule has 2 heterocycles. The molecule has 1 unspecified atom stereocenters. The Balaban J connectivity index is 1.65. The lowest BCUT2D eigenvalue weighted by Crippen LogP contribution is -2.37. The Bertz CT molecular complexity index is 1270. The summed E-state index contributed by atoms with van der Waals surface area (Å²) in [7, 11) is 0. The molecule has 1 aliphatic rings. The molecule has 0 aliphatic carbocycles. The summed E-state index contributed by atoms with van der Waals surface area (Å²) in [6.07, 6.45) is 2.55. The van der Waals surface area contributed by atoms with E-state index in [1.807, 2.05) is 54.7 Å². The van der Waals surface area contributed by atoms with Gasteiger partial charge in [0.05, 0.1) is 17.3 Å². The topological polar surface area (TPSA) is 48.5 Å². The Morgan fingerprint density at radius 1 is 0.933 bits per heavy atom. The van der Waals surface area contributed by atoms with Gasteiger partial charge in [0.25, 0.3) is 5.91 Å². The number of aromatic amines is 1. The second kappa shape index (κ2) is 7.30. The molecule has 0 saturated heterocycles. The number of carbonyl (C=O) groups excluding carboxylic acids is 1. The summed E-state index contributed by atoms with van der Waals surface area (Å²) in [6, 6.07) is 24.2. The molecule has 1 N–H and O–H groups in total. The summed E-state index contributed by atoms with van der Waals surface area (Å²) in [5.41, 5.74) is 7.32. The molecular weight excluding hydrogens is 370 g/mol. The lowest BCUT2D eigenvalue weighted by atomic mass is 9.88. The standard InChI is InChI=1S/C26H23N3O/c1-17-12-13-19(14-18(17)2)25-15-22(23-16-27-24-11-7-6-10-21(23)24)26(30)29(28-25)20-8-4-3-5-9-20/h3-14,16,22,27H,15H2,1-2H3. The Labute approximate surface area is 175 Å². The van der Waals surface area contributed by atoms with Gasteiger partial charge in [-0.1, -0.05) is 48.5 Å². The van der Waals surface area contributed by atoms with Crippen LogP contribution in [-0.2, 0) is 4.79 Å². The Morgan fingerprint density at radius 2 is 1.70 bits per heavy atom. The molecule has 0 radical (unpaired) electrons. The minimum Gasteiger partial charge on any atom is -0.361 e. The zero-order chi connectivity index (χ0) is 20.7. The Hall–Kier alpha value is -3.66. The van der Waals surface area contributed by atoms with Crippen molar-refractivity contribution in [1.29, 1.82) is 0 Å². The van der Waals surface area contributed by atoms with E-state index in [0.29, 0.717) is 6.42 Å². The van der Waals surface area contributed by atoms with Gasteiger partial charge >= 0.3 is 0 Å². The molecule has 1 aliphatic heterocycles. The number of aryl methyl sites for hydroxylation is 2. The van der Waals surface area contributed by atoms with E-state index in [-0.39, 0.29) is 11.8 Å². The van der Waals surface area contributed by atoms with Crippen LogP contribution in [0.3, 0.4) is 0 Å². The van der Waals surface area contributed by atoms with Crippen LogP contribution in [0.1, 0.15) is 34.6 Å². The van der Waals surface area contributed by atoms with Gasteiger partial charge in [-0.3, -0.25) is 4.79 Å². The smallest absolute Gasteiger partial charge is 0.255 e. The minimum atomic E-state index is -0.296. The molecule has 1 aromatic heterocycles. The maximum atomic E-state index is 13.6. The van der Waals surface area contributed by atoms with E-state index in [4.69, 9.17) is 5.10 Å². The summed E-state index contributed by atoms with van der Waals surface area (Å²) in [5, 5.41) is 7.46. The third-order valence-electron chi connectivity index (χ3n) is 5.96. The molecule has 0 saturated carbocycles. The average molecular weight is 393 g/mol. The quantitative estimate of drug-likeness (QED) is 0.476. The van der Waals surface area contributed by atoms with Crippen LogP contribution in [0.4, 0.5) is 5.69 Å². The third-order valence-corrected chi connectivity index (χ3v) is 5.96. The van der Waals surface area contributed by atoms with Gasteiger partial charge in [0.15, 0.2) is 0 Å². The van der Waals surface area contributed by atoms with E-state index in [1.54, 1.807) is 5.01 Å². The Kier molecular flexibility index (Phi) is 4.47. The van der Waals surface area contributed by atoms with Crippen molar-refractivity contribution in [2.45, 2.75) is 26.2 Å². The first-order chi connectivity index (χ1) is 14.6. The van der Waals surface area contributed by atoms with Crippen molar-refractivity contribution in [2.75, 3.05) is 5.01 Å². The van der Waals surface area contributed by atoms with Crippen molar-refractivity contribution >= 4 is 28.2 Å². The van der Waals surface area contributed by atoms with Gasteiger partial charge < -0.3 is 4.98 Å². The number of hydrogen-bond donors (Lipinski definition) is 1. The number of nitrogens with zero attached hydrogens (tertiary/aromatic N) is 2. The average Bonchev–Trinajstić information content (AvgIpc) is 3.20. The molecule has 0 bridgehead atoms. The van der Waals surface area contributed by atoms with Crippen LogP contribution < -0.4 is 5.01 Å².